The van der Waals surface area contributed by atoms with Crippen LogP contribution in [0.3, 0.4) is 0 Å². The number of rotatable bonds is 13. The Kier molecular flexibility index (Phi) is 11.7. The second-order valence-electron chi connectivity index (χ2n) is 10.9. The van der Waals surface area contributed by atoms with E-state index < -0.39 is 28.5 Å². The van der Waals surface area contributed by atoms with Gasteiger partial charge in [-0.1, -0.05) is 102 Å². The van der Waals surface area contributed by atoms with Crippen molar-refractivity contribution in [1.29, 1.82) is 0 Å². The van der Waals surface area contributed by atoms with Gasteiger partial charge in [-0.25, -0.2) is 8.42 Å². The lowest BCUT2D eigenvalue weighted by molar-refractivity contribution is -0.140. The molecule has 0 spiro atoms. The van der Waals surface area contributed by atoms with Crippen LogP contribution in [-0.2, 0) is 32.6 Å². The van der Waals surface area contributed by atoms with E-state index in [2.05, 4.69) is 5.32 Å². The molecule has 0 aliphatic rings. The Morgan fingerprint density at radius 3 is 2.07 bits per heavy atom. The van der Waals surface area contributed by atoms with Crippen molar-refractivity contribution in [3.63, 3.8) is 0 Å². The molecule has 1 N–H and O–H groups in total. The predicted molar refractivity (Wildman–Crippen MR) is 181 cm³/mol. The number of nitrogens with one attached hydrogen (secondary N) is 1. The number of benzene rings is 4. The van der Waals surface area contributed by atoms with Crippen LogP contribution in [-0.4, -0.2) is 44.3 Å². The van der Waals surface area contributed by atoms with Crippen molar-refractivity contribution in [2.75, 3.05) is 17.4 Å². The molecule has 0 unspecified atom stereocenters. The van der Waals surface area contributed by atoms with Crippen LogP contribution < -0.4 is 9.62 Å². The molecule has 7 nitrogen and oxygen atoms in total. The van der Waals surface area contributed by atoms with E-state index in [1.165, 1.54) is 17.0 Å². The molecule has 1 atom stereocenters. The van der Waals surface area contributed by atoms with Crippen molar-refractivity contribution in [3.8, 4) is 0 Å². The van der Waals surface area contributed by atoms with Gasteiger partial charge in [-0.05, 0) is 67.8 Å². The minimum Gasteiger partial charge on any atom is -0.354 e. The molecule has 2 amide bonds. The summed E-state index contributed by atoms with van der Waals surface area (Å²) in [6.45, 7) is 5.54. The highest BCUT2D eigenvalue weighted by Crippen LogP contribution is 2.27. The Bertz CT molecular complexity index is 1710. The number of carbonyl (C=O) groups excluding carboxylic acids is 2. The lowest BCUT2D eigenvalue weighted by Gasteiger charge is -2.34. The molecule has 0 radical (unpaired) electrons. The lowest BCUT2D eigenvalue weighted by Crippen LogP contribution is -2.53. The highest BCUT2D eigenvalue weighted by atomic mass is 35.5. The van der Waals surface area contributed by atoms with Gasteiger partial charge in [0.2, 0.25) is 11.8 Å². The fourth-order valence-corrected chi connectivity index (χ4v) is 6.71. The Morgan fingerprint density at radius 1 is 0.844 bits per heavy atom. The second kappa shape index (κ2) is 15.4. The van der Waals surface area contributed by atoms with Crippen LogP contribution in [0.15, 0.2) is 102 Å². The van der Waals surface area contributed by atoms with Crippen molar-refractivity contribution in [2.24, 2.45) is 0 Å². The monoisotopic (exact) mass is 665 g/mol. The lowest BCUT2D eigenvalue weighted by atomic mass is 10.0. The Morgan fingerprint density at radius 2 is 1.47 bits per heavy atom. The minimum atomic E-state index is -4.18. The molecular formula is C35H37Cl2N3O4S. The number of nitrogens with zero attached hydrogens (tertiary/aromatic N) is 2. The summed E-state index contributed by atoms with van der Waals surface area (Å²) in [6, 6.07) is 26.8. The van der Waals surface area contributed by atoms with E-state index in [0.29, 0.717) is 34.3 Å². The Hall–Kier alpha value is -3.85. The van der Waals surface area contributed by atoms with Crippen molar-refractivity contribution >= 4 is 50.7 Å². The summed E-state index contributed by atoms with van der Waals surface area (Å²) in [5.41, 5.74) is 3.58. The largest absolute Gasteiger partial charge is 0.354 e. The SMILES string of the molecule is CCCNC(=O)[C@H](Cc1ccccc1)N(Cc1ccc(Cl)cc1Cl)C(=O)CN(c1ccc(C)cc1)S(=O)(=O)c1ccc(C)cc1. The first-order chi connectivity index (χ1) is 21.5. The smallest absolute Gasteiger partial charge is 0.264 e. The molecule has 0 saturated heterocycles. The summed E-state index contributed by atoms with van der Waals surface area (Å²) >= 11 is 12.7. The molecule has 4 aromatic carbocycles. The summed E-state index contributed by atoms with van der Waals surface area (Å²) in [7, 11) is -4.18. The first kappa shape index (κ1) is 34.0. The minimum absolute atomic E-state index is 0.0435. The fraction of sp³-hybridized carbons (Fsp3) is 0.257. The number of amides is 2. The zero-order valence-electron chi connectivity index (χ0n) is 25.5. The van der Waals surface area contributed by atoms with E-state index in [-0.39, 0.29) is 23.8 Å². The van der Waals surface area contributed by atoms with Gasteiger partial charge in [0, 0.05) is 29.6 Å². The first-order valence-corrected chi connectivity index (χ1v) is 16.9. The zero-order chi connectivity index (χ0) is 32.6. The third-order valence-corrected chi connectivity index (χ3v) is 9.76. The molecule has 0 bridgehead atoms. The molecule has 45 heavy (non-hydrogen) atoms. The molecule has 0 aliphatic carbocycles. The second-order valence-corrected chi connectivity index (χ2v) is 13.6. The Labute approximate surface area is 275 Å². The molecule has 4 aromatic rings. The van der Waals surface area contributed by atoms with Crippen LogP contribution in [0.1, 0.15) is 35.6 Å². The van der Waals surface area contributed by atoms with Gasteiger partial charge in [0.05, 0.1) is 10.6 Å². The highest BCUT2D eigenvalue weighted by Gasteiger charge is 2.34. The molecule has 4 rings (SSSR count). The average molecular weight is 667 g/mol. The molecule has 0 fully saturated rings. The van der Waals surface area contributed by atoms with Gasteiger partial charge in [0.25, 0.3) is 10.0 Å². The standard InChI is InChI=1S/C35H37Cl2N3O4S/c1-4-20-38-35(42)33(21-27-8-6-5-7-9-27)39(23-28-14-15-29(36)22-32(28)37)34(41)24-40(30-16-10-25(2)11-17-30)45(43,44)31-18-12-26(3)13-19-31/h5-19,22,33H,4,20-21,23-24H2,1-3H3,(H,38,42)/t33-/m0/s1. The quantitative estimate of drug-likeness (QED) is 0.167. The van der Waals surface area contributed by atoms with Gasteiger partial charge in [-0.2, -0.15) is 0 Å². The molecule has 236 valence electrons. The zero-order valence-corrected chi connectivity index (χ0v) is 27.9. The molecular weight excluding hydrogens is 629 g/mol. The van der Waals surface area contributed by atoms with Crippen LogP contribution in [0.5, 0.6) is 0 Å². The maximum atomic E-state index is 14.5. The maximum Gasteiger partial charge on any atom is 0.264 e. The van der Waals surface area contributed by atoms with E-state index >= 15 is 0 Å². The highest BCUT2D eigenvalue weighted by molar-refractivity contribution is 7.92. The maximum absolute atomic E-state index is 14.5. The number of halogens is 2. The third kappa shape index (κ3) is 8.87. The fourth-order valence-electron chi connectivity index (χ4n) is 4.83. The topological polar surface area (TPSA) is 86.8 Å². The number of sulfonamides is 1. The van der Waals surface area contributed by atoms with E-state index in [9.17, 15) is 18.0 Å². The molecule has 0 aliphatic heterocycles. The number of aryl methyl sites for hydroxylation is 2. The van der Waals surface area contributed by atoms with Gasteiger partial charge in [-0.15, -0.1) is 0 Å². The van der Waals surface area contributed by atoms with Crippen molar-refractivity contribution in [2.45, 2.75) is 51.1 Å². The number of hydrogen-bond acceptors (Lipinski definition) is 4. The molecule has 0 heterocycles. The van der Waals surface area contributed by atoms with E-state index in [1.54, 1.807) is 54.6 Å². The van der Waals surface area contributed by atoms with Crippen molar-refractivity contribution in [3.05, 3.63) is 129 Å². The van der Waals surface area contributed by atoms with E-state index in [1.807, 2.05) is 51.1 Å². The number of carbonyl (C=O) groups is 2. The van der Waals surface area contributed by atoms with Crippen LogP contribution in [0.2, 0.25) is 10.0 Å². The molecule has 0 aromatic heterocycles. The summed E-state index contributed by atoms with van der Waals surface area (Å²) in [6.07, 6.45) is 0.916. The summed E-state index contributed by atoms with van der Waals surface area (Å²) in [5.74, 6) is -0.910. The van der Waals surface area contributed by atoms with Crippen molar-refractivity contribution in [1.82, 2.24) is 10.2 Å². The molecule has 10 heteroatoms. The van der Waals surface area contributed by atoms with Crippen LogP contribution in [0, 0.1) is 13.8 Å². The number of anilines is 1. The van der Waals surface area contributed by atoms with Crippen LogP contribution in [0.4, 0.5) is 5.69 Å². The van der Waals surface area contributed by atoms with Gasteiger partial charge >= 0.3 is 0 Å². The Balaban J connectivity index is 1.81. The van der Waals surface area contributed by atoms with Gasteiger partial charge in [0.15, 0.2) is 0 Å². The summed E-state index contributed by atoms with van der Waals surface area (Å²) < 4.78 is 29.3. The summed E-state index contributed by atoms with van der Waals surface area (Å²) in [5, 5.41) is 3.69. The number of hydrogen-bond donors (Lipinski definition) is 1. The normalized spacial score (nSPS) is 11.9. The predicted octanol–water partition coefficient (Wildman–Crippen LogP) is 6.97. The van der Waals surface area contributed by atoms with Crippen LogP contribution in [0.25, 0.3) is 0 Å². The van der Waals surface area contributed by atoms with Gasteiger partial charge < -0.3 is 10.2 Å². The van der Waals surface area contributed by atoms with Crippen molar-refractivity contribution < 1.29 is 18.0 Å². The van der Waals surface area contributed by atoms with E-state index in [4.69, 9.17) is 23.2 Å². The van der Waals surface area contributed by atoms with Gasteiger partial charge in [-0.3, -0.25) is 13.9 Å². The average Bonchev–Trinajstić information content (AvgIpc) is 3.02. The molecule has 0 saturated carbocycles. The van der Waals surface area contributed by atoms with E-state index in [0.717, 1.165) is 21.0 Å². The van der Waals surface area contributed by atoms with Crippen LogP contribution >= 0.6 is 23.2 Å². The van der Waals surface area contributed by atoms with Gasteiger partial charge in [0.1, 0.15) is 12.6 Å². The third-order valence-electron chi connectivity index (χ3n) is 7.39. The first-order valence-electron chi connectivity index (χ1n) is 14.7. The summed E-state index contributed by atoms with van der Waals surface area (Å²) in [4.78, 5) is 29.7.